The first-order chi connectivity index (χ1) is 7.04. The van der Waals surface area contributed by atoms with E-state index in [1.807, 2.05) is 0 Å². The van der Waals surface area contributed by atoms with E-state index in [0.717, 1.165) is 11.5 Å². The molecule has 1 N–H and O–H groups in total. The van der Waals surface area contributed by atoms with Gasteiger partial charge in [-0.05, 0) is 23.7 Å². The Labute approximate surface area is 118 Å². The van der Waals surface area contributed by atoms with Crippen molar-refractivity contribution >= 4 is 31.8 Å². The topological polar surface area (TPSA) is 92.9 Å². The summed E-state index contributed by atoms with van der Waals surface area (Å²) in [6.07, 6.45) is 0. The first-order valence-corrected chi connectivity index (χ1v) is 6.08. The third kappa shape index (κ3) is 2.36. The molecule has 0 radical (unpaired) electrons. The molecule has 1 aromatic heterocycles. The molecular formula is C7H6N3NaO3S2. The molecule has 0 aliphatic heterocycles. The fraction of sp³-hybridized carbons (Fsp3) is 0.143. The van der Waals surface area contributed by atoms with Crippen molar-refractivity contribution in [1.29, 1.82) is 0 Å². The molecule has 2 rings (SSSR count). The van der Waals surface area contributed by atoms with Crippen LogP contribution in [0.25, 0.3) is 15.4 Å². The van der Waals surface area contributed by atoms with E-state index >= 15 is 0 Å². The van der Waals surface area contributed by atoms with E-state index in [-0.39, 0.29) is 45.7 Å². The van der Waals surface area contributed by atoms with Crippen molar-refractivity contribution in [2.45, 2.75) is 4.90 Å². The maximum Gasteiger partial charge on any atom is 1.00 e. The Morgan fingerprint density at radius 2 is 2.12 bits per heavy atom. The van der Waals surface area contributed by atoms with E-state index in [0.29, 0.717) is 4.70 Å². The number of nitrogens with one attached hydrogen (secondary N) is 1. The summed E-state index contributed by atoms with van der Waals surface area (Å²) < 4.78 is 31.6. The molecule has 0 atom stereocenters. The Bertz CT molecular complexity index is 610. The van der Waals surface area contributed by atoms with Crippen LogP contribution < -0.4 is 34.3 Å². The van der Waals surface area contributed by atoms with Crippen LogP contribution in [0.3, 0.4) is 0 Å². The molecule has 16 heavy (non-hydrogen) atoms. The molecule has 0 aliphatic carbocycles. The monoisotopic (exact) mass is 267 g/mol. The quantitative estimate of drug-likeness (QED) is 0.614. The summed E-state index contributed by atoms with van der Waals surface area (Å²) in [5, 5.41) is 10.8. The number of sulfonamides is 1. The number of ether oxygens (including phenoxy) is 1. The minimum atomic E-state index is -4.11. The second-order valence-corrected chi connectivity index (χ2v) is 4.92. The summed E-state index contributed by atoms with van der Waals surface area (Å²) in [7, 11) is -2.77. The summed E-state index contributed by atoms with van der Waals surface area (Å²) in [4.78, 5) is -0.226. The minimum absolute atomic E-state index is 0. The van der Waals surface area contributed by atoms with Gasteiger partial charge in [-0.3, -0.25) is 0 Å². The van der Waals surface area contributed by atoms with Gasteiger partial charge in [0.2, 0.25) is 0 Å². The van der Waals surface area contributed by atoms with Crippen LogP contribution >= 0.6 is 11.5 Å². The van der Waals surface area contributed by atoms with Crippen LogP contribution in [0.15, 0.2) is 17.0 Å². The predicted octanol–water partition coefficient (Wildman–Crippen LogP) is -1.56. The first kappa shape index (κ1) is 13.8. The largest absolute Gasteiger partial charge is 1.00 e. The Hall–Kier alpha value is -0.250. The SMILES string of the molecule is COc1ccc2snnc2c1S([NH-])(=O)=O.[Na+]. The summed E-state index contributed by atoms with van der Waals surface area (Å²) in [6.45, 7) is 0. The van der Waals surface area contributed by atoms with E-state index in [9.17, 15) is 8.42 Å². The molecule has 1 heterocycles. The second-order valence-electron chi connectivity index (χ2n) is 2.72. The number of nitrogens with zero attached hydrogens (tertiary/aromatic N) is 2. The van der Waals surface area contributed by atoms with Crippen molar-refractivity contribution in [2.75, 3.05) is 7.11 Å². The van der Waals surface area contributed by atoms with Gasteiger partial charge in [0.1, 0.15) is 26.2 Å². The molecular weight excluding hydrogens is 261 g/mol. The van der Waals surface area contributed by atoms with E-state index < -0.39 is 10.0 Å². The molecule has 0 spiro atoms. The van der Waals surface area contributed by atoms with Crippen molar-refractivity contribution in [3.8, 4) is 5.75 Å². The third-order valence-corrected chi connectivity index (χ3v) is 3.45. The molecule has 2 aromatic rings. The molecule has 9 heteroatoms. The van der Waals surface area contributed by atoms with Gasteiger partial charge >= 0.3 is 29.6 Å². The molecule has 1 aromatic carbocycles. The van der Waals surface area contributed by atoms with Crippen molar-refractivity contribution < 1.29 is 42.7 Å². The van der Waals surface area contributed by atoms with E-state index in [1.54, 1.807) is 6.07 Å². The van der Waals surface area contributed by atoms with Crippen molar-refractivity contribution in [3.63, 3.8) is 0 Å². The normalized spacial score (nSPS) is 11.1. The number of methoxy groups -OCH3 is 1. The average molecular weight is 267 g/mol. The van der Waals surface area contributed by atoms with Crippen molar-refractivity contribution in [1.82, 2.24) is 9.59 Å². The fourth-order valence-corrected chi connectivity index (χ4v) is 2.68. The van der Waals surface area contributed by atoms with E-state index in [2.05, 4.69) is 9.59 Å². The number of aromatic nitrogens is 2. The molecule has 80 valence electrons. The van der Waals surface area contributed by atoms with Gasteiger partial charge in [0.15, 0.2) is 0 Å². The standard InChI is InChI=1S/C7H6N3O3S2.Na/c1-13-4-2-3-5-6(9-10-14-5)7(4)15(8,11)12;/h2-3H,1H3,(H-,8,11,12);/q-1;+1. The third-order valence-electron chi connectivity index (χ3n) is 1.83. The van der Waals surface area contributed by atoms with Crippen LogP contribution in [0, 0.1) is 0 Å². The van der Waals surface area contributed by atoms with Crippen LogP contribution in [-0.4, -0.2) is 25.1 Å². The molecule has 0 amide bonds. The maximum absolute atomic E-state index is 11.2. The number of rotatable bonds is 2. The van der Waals surface area contributed by atoms with Gasteiger partial charge in [0, 0.05) is 0 Å². The molecule has 0 saturated carbocycles. The second kappa shape index (κ2) is 4.94. The van der Waals surface area contributed by atoms with Gasteiger partial charge in [-0.15, -0.1) is 5.10 Å². The van der Waals surface area contributed by atoms with Crippen LogP contribution in [0.1, 0.15) is 0 Å². The summed E-state index contributed by atoms with van der Waals surface area (Å²) in [5.41, 5.74) is 0.189. The maximum atomic E-state index is 11.2. The van der Waals surface area contributed by atoms with Crippen LogP contribution in [-0.2, 0) is 10.0 Å². The van der Waals surface area contributed by atoms with E-state index in [4.69, 9.17) is 9.88 Å². The van der Waals surface area contributed by atoms with Gasteiger partial charge in [0.05, 0.1) is 11.8 Å². The Morgan fingerprint density at radius 1 is 1.44 bits per heavy atom. The molecule has 0 saturated heterocycles. The van der Waals surface area contributed by atoms with Crippen molar-refractivity contribution in [2.24, 2.45) is 0 Å². The average Bonchev–Trinajstić information content (AvgIpc) is 2.61. The van der Waals surface area contributed by atoms with E-state index in [1.165, 1.54) is 13.2 Å². The van der Waals surface area contributed by atoms with Crippen LogP contribution in [0.5, 0.6) is 5.75 Å². The smallest absolute Gasteiger partial charge is 0.560 e. The van der Waals surface area contributed by atoms with Gasteiger partial charge in [0.25, 0.3) is 0 Å². The van der Waals surface area contributed by atoms with Crippen molar-refractivity contribution in [3.05, 3.63) is 17.3 Å². The zero-order valence-electron chi connectivity index (χ0n) is 8.59. The van der Waals surface area contributed by atoms with Gasteiger partial charge < -0.3 is 9.88 Å². The van der Waals surface area contributed by atoms with Gasteiger partial charge in [-0.25, -0.2) is 8.42 Å². The Morgan fingerprint density at radius 3 is 2.69 bits per heavy atom. The zero-order chi connectivity index (χ0) is 11.1. The number of fused-ring (bicyclic) bond motifs is 1. The molecule has 0 fully saturated rings. The van der Waals surface area contributed by atoms with Gasteiger partial charge in [-0.1, -0.05) is 4.49 Å². The molecule has 0 bridgehead atoms. The predicted molar refractivity (Wildman–Crippen MR) is 55.5 cm³/mol. The molecule has 0 aliphatic rings. The number of hydrogen-bond acceptors (Lipinski definition) is 6. The van der Waals surface area contributed by atoms with Crippen LogP contribution in [0.2, 0.25) is 0 Å². The summed E-state index contributed by atoms with van der Waals surface area (Å²) in [6, 6.07) is 3.15. The number of benzene rings is 1. The number of hydrogen-bond donors (Lipinski definition) is 0. The zero-order valence-corrected chi connectivity index (χ0v) is 12.2. The molecule has 6 nitrogen and oxygen atoms in total. The Balaban J connectivity index is 0.00000128. The fourth-order valence-electron chi connectivity index (χ4n) is 1.23. The van der Waals surface area contributed by atoms with Gasteiger partial charge in [-0.2, -0.15) is 0 Å². The minimum Gasteiger partial charge on any atom is -0.560 e. The first-order valence-electron chi connectivity index (χ1n) is 3.82. The van der Waals surface area contributed by atoms with Crippen LogP contribution in [0.4, 0.5) is 0 Å². The summed E-state index contributed by atoms with van der Waals surface area (Å²) in [5.74, 6) is 0.116. The molecule has 0 unspecified atom stereocenters. The summed E-state index contributed by atoms with van der Waals surface area (Å²) >= 11 is 1.07. The Kier molecular flexibility index (Phi) is 4.27.